The van der Waals surface area contributed by atoms with Gasteiger partial charge in [-0.05, 0) is 24.1 Å². The fraction of sp³-hybridized carbons (Fsp3) is 0.556. The molecular formula is C18H26FN3O3. The molecule has 1 saturated heterocycles. The second-order valence-corrected chi connectivity index (χ2v) is 6.03. The van der Waals surface area contributed by atoms with Crippen molar-refractivity contribution in [2.75, 3.05) is 45.9 Å². The van der Waals surface area contributed by atoms with Crippen molar-refractivity contribution < 1.29 is 18.7 Å². The third-order valence-electron chi connectivity index (χ3n) is 4.27. The first-order valence-corrected chi connectivity index (χ1v) is 8.70. The summed E-state index contributed by atoms with van der Waals surface area (Å²) in [6.45, 7) is 6.36. The molecule has 0 spiro atoms. The molecule has 1 aliphatic rings. The number of hydrogen-bond acceptors (Lipinski definition) is 4. The number of carbonyl (C=O) groups is 2. The normalized spacial score (nSPS) is 16.2. The third-order valence-corrected chi connectivity index (χ3v) is 4.27. The highest BCUT2D eigenvalue weighted by molar-refractivity contribution is 5.88. The molecule has 2 N–H and O–H groups in total. The quantitative estimate of drug-likeness (QED) is 0.730. The second-order valence-electron chi connectivity index (χ2n) is 6.03. The predicted molar refractivity (Wildman–Crippen MR) is 92.7 cm³/mol. The van der Waals surface area contributed by atoms with Crippen molar-refractivity contribution in [3.63, 3.8) is 0 Å². The molecule has 0 saturated carbocycles. The van der Waals surface area contributed by atoms with E-state index in [2.05, 4.69) is 15.5 Å². The Bertz CT molecular complexity index is 559. The van der Waals surface area contributed by atoms with Crippen molar-refractivity contribution in [1.29, 1.82) is 0 Å². The van der Waals surface area contributed by atoms with Crippen LogP contribution in [-0.4, -0.2) is 62.7 Å². The Hall–Kier alpha value is -1.99. The first-order valence-electron chi connectivity index (χ1n) is 8.70. The van der Waals surface area contributed by atoms with E-state index in [4.69, 9.17) is 4.74 Å². The molecule has 25 heavy (non-hydrogen) atoms. The van der Waals surface area contributed by atoms with Crippen LogP contribution in [0.25, 0.3) is 0 Å². The maximum atomic E-state index is 13.0. The lowest BCUT2D eigenvalue weighted by Gasteiger charge is -2.26. The first-order chi connectivity index (χ1) is 12.1. The summed E-state index contributed by atoms with van der Waals surface area (Å²) >= 11 is 0. The Labute approximate surface area is 147 Å². The van der Waals surface area contributed by atoms with Crippen molar-refractivity contribution in [1.82, 2.24) is 15.5 Å². The zero-order chi connectivity index (χ0) is 18.1. The topological polar surface area (TPSA) is 70.7 Å². The molecular weight excluding hydrogens is 325 g/mol. The average Bonchev–Trinajstić information content (AvgIpc) is 2.63. The van der Waals surface area contributed by atoms with Gasteiger partial charge < -0.3 is 15.4 Å². The molecule has 1 heterocycles. The van der Waals surface area contributed by atoms with Gasteiger partial charge in [-0.25, -0.2) is 4.39 Å². The number of hydrogen-bond donors (Lipinski definition) is 2. The Balaban J connectivity index is 1.70. The molecule has 0 aromatic heterocycles. The van der Waals surface area contributed by atoms with Crippen LogP contribution in [0.3, 0.4) is 0 Å². The van der Waals surface area contributed by atoms with Gasteiger partial charge in [0, 0.05) is 26.2 Å². The highest BCUT2D eigenvalue weighted by Gasteiger charge is 2.19. The number of ether oxygens (including phenoxy) is 1. The minimum absolute atomic E-state index is 0.0559. The smallest absolute Gasteiger partial charge is 0.239 e. The third kappa shape index (κ3) is 6.43. The molecule has 1 unspecified atom stereocenters. The second kappa shape index (κ2) is 10.1. The molecule has 1 atom stereocenters. The summed E-state index contributed by atoms with van der Waals surface area (Å²) in [6.07, 6.45) is 0.579. The molecule has 7 heteroatoms. The van der Waals surface area contributed by atoms with Gasteiger partial charge in [0.1, 0.15) is 5.82 Å². The van der Waals surface area contributed by atoms with Crippen molar-refractivity contribution in [2.45, 2.75) is 19.3 Å². The molecule has 0 bridgehead atoms. The minimum Gasteiger partial charge on any atom is -0.379 e. The largest absolute Gasteiger partial charge is 0.379 e. The summed E-state index contributed by atoms with van der Waals surface area (Å²) in [4.78, 5) is 26.4. The Morgan fingerprint density at radius 3 is 2.52 bits per heavy atom. The monoisotopic (exact) mass is 351 g/mol. The van der Waals surface area contributed by atoms with E-state index in [1.165, 1.54) is 12.1 Å². The number of halogens is 1. The summed E-state index contributed by atoms with van der Waals surface area (Å²) in [5.41, 5.74) is 0.745. The highest BCUT2D eigenvalue weighted by atomic mass is 19.1. The van der Waals surface area contributed by atoms with E-state index in [1.807, 2.05) is 6.92 Å². The minimum atomic E-state index is -0.387. The number of amides is 2. The predicted octanol–water partition coefficient (Wildman–Crippen LogP) is 0.884. The van der Waals surface area contributed by atoms with Crippen LogP contribution in [0.2, 0.25) is 0 Å². The van der Waals surface area contributed by atoms with Gasteiger partial charge in [0.25, 0.3) is 0 Å². The standard InChI is InChI=1S/C18H26FN3O3/c1-2-16(14-3-5-15(19)6-4-14)18(24)21-13-17(23)20-7-8-22-9-11-25-12-10-22/h3-6,16H,2,7-13H2,1H3,(H,20,23)(H,21,24). The molecule has 1 aromatic carbocycles. The number of carbonyl (C=O) groups excluding carboxylic acids is 2. The van der Waals surface area contributed by atoms with E-state index in [9.17, 15) is 14.0 Å². The molecule has 1 aromatic rings. The summed E-state index contributed by atoms with van der Waals surface area (Å²) in [7, 11) is 0. The molecule has 2 amide bonds. The van der Waals surface area contributed by atoms with Crippen LogP contribution in [0.5, 0.6) is 0 Å². The molecule has 138 valence electrons. The molecule has 0 aliphatic carbocycles. The van der Waals surface area contributed by atoms with Crippen LogP contribution < -0.4 is 10.6 Å². The summed E-state index contributed by atoms with van der Waals surface area (Å²) < 4.78 is 18.3. The van der Waals surface area contributed by atoms with Gasteiger partial charge in [-0.2, -0.15) is 0 Å². The summed E-state index contributed by atoms with van der Waals surface area (Å²) in [5.74, 6) is -1.16. The molecule has 1 aliphatic heterocycles. The molecule has 0 radical (unpaired) electrons. The van der Waals surface area contributed by atoms with Crippen LogP contribution >= 0.6 is 0 Å². The lowest BCUT2D eigenvalue weighted by Crippen LogP contribution is -2.44. The number of nitrogens with one attached hydrogen (secondary N) is 2. The van der Waals surface area contributed by atoms with Crippen molar-refractivity contribution >= 4 is 11.8 Å². The van der Waals surface area contributed by atoms with Gasteiger partial charge in [-0.1, -0.05) is 19.1 Å². The number of rotatable bonds is 8. The van der Waals surface area contributed by atoms with Crippen molar-refractivity contribution in [2.24, 2.45) is 0 Å². The van der Waals surface area contributed by atoms with Crippen molar-refractivity contribution in [3.8, 4) is 0 Å². The Morgan fingerprint density at radius 1 is 1.20 bits per heavy atom. The summed E-state index contributed by atoms with van der Waals surface area (Å²) in [6, 6.07) is 5.88. The van der Waals surface area contributed by atoms with Crippen LogP contribution in [0.4, 0.5) is 4.39 Å². The van der Waals surface area contributed by atoms with E-state index in [-0.39, 0.29) is 30.1 Å². The van der Waals surface area contributed by atoms with Crippen LogP contribution in [0.1, 0.15) is 24.8 Å². The Kier molecular flexibility index (Phi) is 7.81. The maximum absolute atomic E-state index is 13.0. The van der Waals surface area contributed by atoms with E-state index in [1.54, 1.807) is 12.1 Å². The van der Waals surface area contributed by atoms with Crippen LogP contribution in [-0.2, 0) is 14.3 Å². The van der Waals surface area contributed by atoms with E-state index < -0.39 is 0 Å². The fourth-order valence-corrected chi connectivity index (χ4v) is 2.80. The van der Waals surface area contributed by atoms with E-state index in [0.717, 1.165) is 38.4 Å². The zero-order valence-electron chi connectivity index (χ0n) is 14.6. The molecule has 1 fully saturated rings. The van der Waals surface area contributed by atoms with Gasteiger partial charge in [0.05, 0.1) is 25.7 Å². The van der Waals surface area contributed by atoms with Crippen LogP contribution in [0.15, 0.2) is 24.3 Å². The number of morpholine rings is 1. The first kappa shape index (κ1) is 19.3. The van der Waals surface area contributed by atoms with Gasteiger partial charge in [-0.15, -0.1) is 0 Å². The number of nitrogens with zero attached hydrogens (tertiary/aromatic N) is 1. The van der Waals surface area contributed by atoms with Gasteiger partial charge in [-0.3, -0.25) is 14.5 Å². The number of benzene rings is 1. The lowest BCUT2D eigenvalue weighted by molar-refractivity contribution is -0.127. The molecule has 6 nitrogen and oxygen atoms in total. The average molecular weight is 351 g/mol. The van der Waals surface area contributed by atoms with E-state index in [0.29, 0.717) is 13.0 Å². The van der Waals surface area contributed by atoms with Gasteiger partial charge in [0.15, 0.2) is 0 Å². The zero-order valence-corrected chi connectivity index (χ0v) is 14.6. The van der Waals surface area contributed by atoms with E-state index >= 15 is 0 Å². The summed E-state index contributed by atoms with van der Waals surface area (Å²) in [5, 5.41) is 5.46. The molecule has 2 rings (SSSR count). The van der Waals surface area contributed by atoms with Crippen molar-refractivity contribution in [3.05, 3.63) is 35.6 Å². The van der Waals surface area contributed by atoms with Crippen LogP contribution in [0, 0.1) is 5.82 Å². The maximum Gasteiger partial charge on any atom is 0.239 e. The van der Waals surface area contributed by atoms with Gasteiger partial charge >= 0.3 is 0 Å². The lowest BCUT2D eigenvalue weighted by atomic mass is 9.95. The van der Waals surface area contributed by atoms with Gasteiger partial charge in [0.2, 0.25) is 11.8 Å². The fourth-order valence-electron chi connectivity index (χ4n) is 2.80. The SMILES string of the molecule is CCC(C(=O)NCC(=O)NCCN1CCOCC1)c1ccc(F)cc1. The highest BCUT2D eigenvalue weighted by Crippen LogP contribution is 2.19. The Morgan fingerprint density at radius 2 is 1.88 bits per heavy atom.